The van der Waals surface area contributed by atoms with Crippen LogP contribution >= 0.6 is 0 Å². The maximum atomic E-state index is 6.19. The van der Waals surface area contributed by atoms with Gasteiger partial charge >= 0.3 is 5.82 Å². The molecule has 1 aromatic carbocycles. The lowest BCUT2D eigenvalue weighted by Crippen LogP contribution is -2.58. The number of hydrogen-bond acceptors (Lipinski definition) is 7. The molecule has 6 rings (SSSR count). The fourth-order valence-electron chi connectivity index (χ4n) is 5.00. The van der Waals surface area contributed by atoms with E-state index in [1.54, 1.807) is 6.33 Å². The number of rotatable bonds is 3. The van der Waals surface area contributed by atoms with Crippen molar-refractivity contribution in [3.8, 4) is 5.75 Å². The molecule has 4 aliphatic heterocycles. The quantitative estimate of drug-likeness (QED) is 0.735. The van der Waals surface area contributed by atoms with Crippen LogP contribution in [0.25, 0.3) is 0 Å². The minimum absolute atomic E-state index is 0.448. The molecule has 2 fully saturated rings. The first kappa shape index (κ1) is 19.2. The van der Waals surface area contributed by atoms with Gasteiger partial charge in [-0.3, -0.25) is 4.90 Å². The van der Waals surface area contributed by atoms with Crippen LogP contribution in [0.5, 0.6) is 5.75 Å². The van der Waals surface area contributed by atoms with Crippen LogP contribution in [-0.4, -0.2) is 77.6 Å². The van der Waals surface area contributed by atoms with Gasteiger partial charge in [0.1, 0.15) is 36.9 Å². The Bertz CT molecular complexity index is 998. The SMILES string of the molecule is C1=[N+](c2ncnc3c2COc2ccc(C4CCN(C5CNC5)CC4)cc2N3)CCOC1. The van der Waals surface area contributed by atoms with Crippen molar-refractivity contribution in [2.45, 2.75) is 31.4 Å². The third kappa shape index (κ3) is 3.69. The molecular weight excluding hydrogens is 392 g/mol. The molecule has 0 spiro atoms. The molecule has 162 valence electrons. The minimum Gasteiger partial charge on any atom is -0.486 e. The molecule has 0 amide bonds. The van der Waals surface area contributed by atoms with E-state index in [1.165, 1.54) is 31.5 Å². The highest BCUT2D eigenvalue weighted by Gasteiger charge is 2.30. The predicted octanol–water partition coefficient (Wildman–Crippen LogP) is 2.01. The lowest BCUT2D eigenvalue weighted by atomic mass is 9.88. The van der Waals surface area contributed by atoms with Crippen molar-refractivity contribution in [2.24, 2.45) is 0 Å². The Labute approximate surface area is 182 Å². The first-order chi connectivity index (χ1) is 15.3. The van der Waals surface area contributed by atoms with Crippen molar-refractivity contribution in [2.75, 3.05) is 51.3 Å². The van der Waals surface area contributed by atoms with Crippen LogP contribution < -0.4 is 15.4 Å². The standard InChI is InChI=1S/C23H29N6O2/c1-2-21-20(11-17(1)16-3-5-28(6-4-16)18-12-24-13-18)27-22-19(14-31-21)23(26-15-25-22)29-7-9-30-10-8-29/h1-2,7,11,15-16,18,24H,3-6,8-10,12-14H2,(H,25,26,27)/q+1. The van der Waals surface area contributed by atoms with Gasteiger partial charge in [-0.2, -0.15) is 4.98 Å². The normalized spacial score (nSPS) is 22.3. The first-order valence-corrected chi connectivity index (χ1v) is 11.4. The number of aromatic nitrogens is 2. The average Bonchev–Trinajstić information content (AvgIpc) is 2.97. The summed E-state index contributed by atoms with van der Waals surface area (Å²) in [5.41, 5.74) is 3.37. The van der Waals surface area contributed by atoms with E-state index in [2.05, 4.69) is 48.3 Å². The molecular formula is C23H29N6O2+. The summed E-state index contributed by atoms with van der Waals surface area (Å²) in [6, 6.07) is 7.36. The maximum Gasteiger partial charge on any atom is 0.335 e. The van der Waals surface area contributed by atoms with E-state index < -0.39 is 0 Å². The van der Waals surface area contributed by atoms with E-state index in [9.17, 15) is 0 Å². The van der Waals surface area contributed by atoms with Crippen molar-refractivity contribution in [1.29, 1.82) is 0 Å². The molecule has 8 heteroatoms. The van der Waals surface area contributed by atoms with Crippen LogP contribution in [0.1, 0.15) is 29.9 Å². The Morgan fingerprint density at radius 2 is 2.03 bits per heavy atom. The van der Waals surface area contributed by atoms with Crippen molar-refractivity contribution in [3.05, 3.63) is 35.7 Å². The van der Waals surface area contributed by atoms with E-state index in [0.29, 0.717) is 25.7 Å². The molecule has 0 aliphatic carbocycles. The summed E-state index contributed by atoms with van der Waals surface area (Å²) in [7, 11) is 0. The second-order valence-electron chi connectivity index (χ2n) is 8.77. The number of piperidine rings is 1. The molecule has 0 bridgehead atoms. The summed E-state index contributed by atoms with van der Waals surface area (Å²) < 4.78 is 13.8. The number of benzene rings is 1. The summed E-state index contributed by atoms with van der Waals surface area (Å²) in [5, 5.41) is 6.93. The third-order valence-electron chi connectivity index (χ3n) is 6.99. The third-order valence-corrected chi connectivity index (χ3v) is 6.99. The molecule has 5 heterocycles. The minimum atomic E-state index is 0.448. The number of ether oxygens (including phenoxy) is 2. The van der Waals surface area contributed by atoms with Crippen LogP contribution in [0.4, 0.5) is 17.3 Å². The fraction of sp³-hybridized carbons (Fsp3) is 0.522. The summed E-state index contributed by atoms with van der Waals surface area (Å²) in [6.45, 7) is 7.21. The number of hydrogen-bond donors (Lipinski definition) is 2. The number of likely N-dealkylation sites (tertiary alicyclic amines) is 1. The summed E-state index contributed by atoms with van der Waals surface area (Å²) in [6.07, 6.45) is 6.09. The zero-order valence-corrected chi connectivity index (χ0v) is 17.7. The molecule has 2 N–H and O–H groups in total. The molecule has 2 saturated heterocycles. The Morgan fingerprint density at radius 1 is 1.13 bits per heavy atom. The maximum absolute atomic E-state index is 6.19. The fourth-order valence-corrected chi connectivity index (χ4v) is 5.00. The molecule has 0 unspecified atom stereocenters. The Balaban J connectivity index is 1.23. The van der Waals surface area contributed by atoms with Gasteiger partial charge in [0, 0.05) is 19.1 Å². The largest absolute Gasteiger partial charge is 0.486 e. The van der Waals surface area contributed by atoms with Crippen molar-refractivity contribution >= 4 is 23.5 Å². The molecule has 8 nitrogen and oxygen atoms in total. The highest BCUT2D eigenvalue weighted by molar-refractivity contribution is 5.70. The zero-order valence-electron chi connectivity index (χ0n) is 17.7. The molecule has 1 aromatic heterocycles. The molecule has 2 aromatic rings. The highest BCUT2D eigenvalue weighted by Crippen LogP contribution is 2.39. The van der Waals surface area contributed by atoms with Crippen LogP contribution in [0.15, 0.2) is 24.5 Å². The summed E-state index contributed by atoms with van der Waals surface area (Å²) >= 11 is 0. The van der Waals surface area contributed by atoms with Gasteiger partial charge < -0.3 is 20.1 Å². The highest BCUT2D eigenvalue weighted by atomic mass is 16.5. The van der Waals surface area contributed by atoms with Gasteiger partial charge in [0.15, 0.2) is 0 Å². The van der Waals surface area contributed by atoms with E-state index >= 15 is 0 Å². The zero-order chi connectivity index (χ0) is 20.6. The molecule has 0 saturated carbocycles. The second kappa shape index (κ2) is 8.18. The lowest BCUT2D eigenvalue weighted by Gasteiger charge is -2.42. The second-order valence-corrected chi connectivity index (χ2v) is 8.77. The smallest absolute Gasteiger partial charge is 0.335 e. The summed E-state index contributed by atoms with van der Waals surface area (Å²) in [4.78, 5) is 11.7. The van der Waals surface area contributed by atoms with Gasteiger partial charge in [-0.1, -0.05) is 6.07 Å². The van der Waals surface area contributed by atoms with Gasteiger partial charge in [0.05, 0.1) is 18.5 Å². The van der Waals surface area contributed by atoms with Crippen LogP contribution in [0, 0.1) is 0 Å². The van der Waals surface area contributed by atoms with Crippen molar-refractivity contribution < 1.29 is 14.0 Å². The number of anilines is 2. The van der Waals surface area contributed by atoms with E-state index in [1.807, 2.05) is 6.21 Å². The van der Waals surface area contributed by atoms with E-state index in [4.69, 9.17) is 9.47 Å². The topological polar surface area (TPSA) is 74.5 Å². The summed E-state index contributed by atoms with van der Waals surface area (Å²) in [5.74, 6) is 3.19. The monoisotopic (exact) mass is 421 g/mol. The molecule has 31 heavy (non-hydrogen) atoms. The van der Waals surface area contributed by atoms with Crippen LogP contribution in [0.2, 0.25) is 0 Å². The van der Waals surface area contributed by atoms with E-state index in [0.717, 1.165) is 54.3 Å². The van der Waals surface area contributed by atoms with Crippen LogP contribution in [-0.2, 0) is 11.3 Å². The van der Waals surface area contributed by atoms with Crippen LogP contribution in [0.3, 0.4) is 0 Å². The van der Waals surface area contributed by atoms with Gasteiger partial charge in [0.2, 0.25) is 6.33 Å². The average molecular weight is 422 g/mol. The Kier molecular flexibility index (Phi) is 5.06. The predicted molar refractivity (Wildman–Crippen MR) is 118 cm³/mol. The van der Waals surface area contributed by atoms with Gasteiger partial charge in [-0.05, 0) is 54.5 Å². The first-order valence-electron chi connectivity index (χ1n) is 11.4. The molecule has 0 radical (unpaired) electrons. The number of fused-ring (bicyclic) bond motifs is 2. The lowest BCUT2D eigenvalue weighted by molar-refractivity contribution is -0.454. The van der Waals surface area contributed by atoms with Gasteiger partial charge in [-0.25, -0.2) is 4.58 Å². The molecule has 4 aliphatic rings. The van der Waals surface area contributed by atoms with Gasteiger partial charge in [0.25, 0.3) is 0 Å². The number of nitrogens with one attached hydrogen (secondary N) is 2. The van der Waals surface area contributed by atoms with Crippen molar-refractivity contribution in [3.63, 3.8) is 0 Å². The van der Waals surface area contributed by atoms with E-state index in [-0.39, 0.29) is 0 Å². The van der Waals surface area contributed by atoms with Crippen molar-refractivity contribution in [1.82, 2.24) is 20.2 Å². The number of nitrogens with zero attached hydrogens (tertiary/aromatic N) is 4. The van der Waals surface area contributed by atoms with Gasteiger partial charge in [-0.15, -0.1) is 0 Å². The Hall–Kier alpha value is -2.55. The Morgan fingerprint density at radius 3 is 2.81 bits per heavy atom. The molecule has 0 atom stereocenters.